The van der Waals surface area contributed by atoms with E-state index in [4.69, 9.17) is 4.74 Å². The Balaban J connectivity index is 1.62. The molecule has 0 N–H and O–H groups in total. The summed E-state index contributed by atoms with van der Waals surface area (Å²) in [5, 5.41) is 0. The highest BCUT2D eigenvalue weighted by atomic mass is 16.5. The number of hydrogen-bond acceptors (Lipinski definition) is 2. The van der Waals surface area contributed by atoms with Gasteiger partial charge < -0.3 is 4.74 Å². The molecule has 0 amide bonds. The molecule has 160 valence electrons. The molecule has 1 aromatic rings. The Morgan fingerprint density at radius 2 is 1.77 bits per heavy atom. The van der Waals surface area contributed by atoms with E-state index in [1.165, 1.54) is 11.1 Å². The van der Waals surface area contributed by atoms with Crippen molar-refractivity contribution >= 4 is 5.78 Å². The summed E-state index contributed by atoms with van der Waals surface area (Å²) in [6.45, 7) is 13.9. The third-order valence-corrected chi connectivity index (χ3v) is 5.92. The number of allylic oxidation sites excluding steroid dienone is 7. The molecule has 0 saturated heterocycles. The highest BCUT2D eigenvalue weighted by Gasteiger charge is 2.30. The van der Waals surface area contributed by atoms with E-state index < -0.39 is 0 Å². The highest BCUT2D eigenvalue weighted by Crippen LogP contribution is 2.43. The lowest BCUT2D eigenvalue weighted by Crippen LogP contribution is -2.23. The molecule has 0 aliphatic heterocycles. The smallest absolute Gasteiger partial charge is 0.199 e. The van der Waals surface area contributed by atoms with E-state index in [0.29, 0.717) is 11.8 Å². The van der Waals surface area contributed by atoms with Crippen LogP contribution in [-0.4, -0.2) is 12.4 Å². The van der Waals surface area contributed by atoms with Crippen molar-refractivity contribution < 1.29 is 9.53 Å². The van der Waals surface area contributed by atoms with Gasteiger partial charge in [-0.1, -0.05) is 84.1 Å². The average molecular weight is 405 g/mol. The number of rotatable bonds is 6. The lowest BCUT2D eigenvalue weighted by Gasteiger charge is -2.36. The fraction of sp³-hybridized carbons (Fsp3) is 0.464. The fourth-order valence-electron chi connectivity index (χ4n) is 4.22. The lowest BCUT2D eigenvalue weighted by atomic mass is 9.69. The number of ketones is 1. The first-order valence-corrected chi connectivity index (χ1v) is 11.1. The van der Waals surface area contributed by atoms with E-state index in [9.17, 15) is 4.79 Å². The summed E-state index contributed by atoms with van der Waals surface area (Å²) >= 11 is 0. The summed E-state index contributed by atoms with van der Waals surface area (Å²) in [4.78, 5) is 12.6. The van der Waals surface area contributed by atoms with Gasteiger partial charge in [-0.3, -0.25) is 4.79 Å². The van der Waals surface area contributed by atoms with E-state index in [-0.39, 0.29) is 23.2 Å². The van der Waals surface area contributed by atoms with Gasteiger partial charge in [0.2, 0.25) is 0 Å². The van der Waals surface area contributed by atoms with Crippen molar-refractivity contribution in [2.24, 2.45) is 16.7 Å². The number of fused-ring (bicyclic) bond motifs is 1. The maximum absolute atomic E-state index is 12.6. The van der Waals surface area contributed by atoms with Gasteiger partial charge in [-0.2, -0.15) is 0 Å². The molecule has 2 aliphatic rings. The summed E-state index contributed by atoms with van der Waals surface area (Å²) in [6, 6.07) is 8.32. The standard InChI is InChI=1S/C28H36O2/c1-27(2,3)18-25(28(4,5)6)21-13-15-24(16-14-21)30-19-26(29)23-12-11-20-9-7-8-10-22(20)17-23/h7-10,12-17,20,25H,11,18-19H2,1-6H3. The minimum absolute atomic E-state index is 0.0354. The van der Waals surface area contributed by atoms with Gasteiger partial charge in [0.05, 0.1) is 0 Å². The zero-order valence-electron chi connectivity index (χ0n) is 19.4. The number of benzene rings is 1. The van der Waals surface area contributed by atoms with Crippen LogP contribution in [0.4, 0.5) is 0 Å². The van der Waals surface area contributed by atoms with Crippen molar-refractivity contribution in [1.82, 2.24) is 0 Å². The molecular weight excluding hydrogens is 368 g/mol. The van der Waals surface area contributed by atoms with Crippen molar-refractivity contribution in [3.8, 4) is 5.75 Å². The van der Waals surface area contributed by atoms with E-state index in [1.54, 1.807) is 0 Å². The van der Waals surface area contributed by atoms with Crippen LogP contribution in [0.5, 0.6) is 5.75 Å². The first-order valence-electron chi connectivity index (χ1n) is 11.1. The van der Waals surface area contributed by atoms with Crippen molar-refractivity contribution in [1.29, 1.82) is 0 Å². The molecule has 3 rings (SSSR count). The first kappa shape index (κ1) is 22.3. The second-order valence-corrected chi connectivity index (χ2v) is 10.9. The van der Waals surface area contributed by atoms with E-state index >= 15 is 0 Å². The predicted molar refractivity (Wildman–Crippen MR) is 126 cm³/mol. The maximum atomic E-state index is 12.6. The third kappa shape index (κ3) is 5.84. The summed E-state index contributed by atoms with van der Waals surface area (Å²) in [5.74, 6) is 1.66. The van der Waals surface area contributed by atoms with E-state index in [0.717, 1.165) is 24.2 Å². The quantitative estimate of drug-likeness (QED) is 0.501. The van der Waals surface area contributed by atoms with Gasteiger partial charge in [-0.15, -0.1) is 0 Å². The molecule has 0 saturated carbocycles. The van der Waals surface area contributed by atoms with Crippen molar-refractivity contribution in [2.45, 2.75) is 60.3 Å². The summed E-state index contributed by atoms with van der Waals surface area (Å²) in [6.07, 6.45) is 14.4. The molecule has 0 fully saturated rings. The predicted octanol–water partition coefficient (Wildman–Crippen LogP) is 7.20. The normalized spacial score (nSPS) is 19.6. The molecule has 0 bridgehead atoms. The Labute approximate surface area is 182 Å². The summed E-state index contributed by atoms with van der Waals surface area (Å²) in [7, 11) is 0. The monoisotopic (exact) mass is 404 g/mol. The van der Waals surface area contributed by atoms with Gasteiger partial charge in [0.15, 0.2) is 12.4 Å². The Morgan fingerprint density at radius 3 is 2.40 bits per heavy atom. The van der Waals surface area contributed by atoms with Crippen LogP contribution < -0.4 is 4.74 Å². The molecule has 2 nitrogen and oxygen atoms in total. The number of carbonyl (C=O) groups excluding carboxylic acids is 1. The molecule has 2 atom stereocenters. The molecule has 0 radical (unpaired) electrons. The average Bonchev–Trinajstić information content (AvgIpc) is 2.69. The van der Waals surface area contributed by atoms with Crippen molar-refractivity contribution in [3.63, 3.8) is 0 Å². The zero-order chi connectivity index (χ0) is 21.9. The third-order valence-electron chi connectivity index (χ3n) is 5.92. The summed E-state index contributed by atoms with van der Waals surface area (Å²) < 4.78 is 5.83. The van der Waals surface area contributed by atoms with Crippen LogP contribution in [0.3, 0.4) is 0 Å². The van der Waals surface area contributed by atoms with Gasteiger partial charge >= 0.3 is 0 Å². The first-order chi connectivity index (χ1) is 14.0. The second-order valence-electron chi connectivity index (χ2n) is 10.9. The van der Waals surface area contributed by atoms with Gasteiger partial charge in [0.1, 0.15) is 5.75 Å². The number of Topliss-reactive ketones (excluding diaryl/α,β-unsaturated/α-hetero) is 1. The Hall–Kier alpha value is -2.35. The SMILES string of the molecule is CC(C)(C)CC(c1ccc(OCC(=O)C2=CCC3C=CC=CC3=C2)cc1)C(C)(C)C. The van der Waals surface area contributed by atoms with Crippen LogP contribution in [0.1, 0.15) is 65.9 Å². The molecule has 2 unspecified atom stereocenters. The second kappa shape index (κ2) is 8.79. The van der Waals surface area contributed by atoms with Gasteiger partial charge in [0.25, 0.3) is 0 Å². The largest absolute Gasteiger partial charge is 0.485 e. The molecule has 1 aromatic carbocycles. The summed E-state index contributed by atoms with van der Waals surface area (Å²) in [5.41, 5.74) is 3.76. The van der Waals surface area contributed by atoms with Crippen LogP contribution in [0.2, 0.25) is 0 Å². The molecule has 0 heterocycles. The van der Waals surface area contributed by atoms with E-state index in [2.05, 4.69) is 71.9 Å². The molecule has 30 heavy (non-hydrogen) atoms. The maximum Gasteiger partial charge on any atom is 0.199 e. The molecular formula is C28H36O2. The minimum atomic E-state index is 0.0354. The molecule has 0 spiro atoms. The number of hydrogen-bond donors (Lipinski definition) is 0. The fourth-order valence-corrected chi connectivity index (χ4v) is 4.22. The van der Waals surface area contributed by atoms with Crippen LogP contribution in [-0.2, 0) is 4.79 Å². The lowest BCUT2D eigenvalue weighted by molar-refractivity contribution is -0.117. The van der Waals surface area contributed by atoms with E-state index in [1.807, 2.05) is 30.4 Å². The molecule has 2 aliphatic carbocycles. The molecule has 0 aromatic heterocycles. The van der Waals surface area contributed by atoms with Crippen molar-refractivity contribution in [2.75, 3.05) is 6.61 Å². The van der Waals surface area contributed by atoms with Crippen molar-refractivity contribution in [3.05, 3.63) is 77.4 Å². The zero-order valence-corrected chi connectivity index (χ0v) is 19.4. The topological polar surface area (TPSA) is 26.3 Å². The Bertz CT molecular complexity index is 880. The Kier molecular flexibility index (Phi) is 6.55. The van der Waals surface area contributed by atoms with Crippen LogP contribution in [0, 0.1) is 16.7 Å². The molecule has 2 heteroatoms. The van der Waals surface area contributed by atoms with Gasteiger partial charge in [0, 0.05) is 11.5 Å². The minimum Gasteiger partial charge on any atom is -0.485 e. The van der Waals surface area contributed by atoms with Crippen LogP contribution >= 0.6 is 0 Å². The van der Waals surface area contributed by atoms with Crippen LogP contribution in [0.25, 0.3) is 0 Å². The van der Waals surface area contributed by atoms with Gasteiger partial charge in [-0.25, -0.2) is 0 Å². The number of ether oxygens (including phenoxy) is 1. The van der Waals surface area contributed by atoms with Crippen LogP contribution in [0.15, 0.2) is 71.9 Å². The highest BCUT2D eigenvalue weighted by molar-refractivity contribution is 5.99. The van der Waals surface area contributed by atoms with Gasteiger partial charge in [-0.05, 0) is 58.9 Å². The Morgan fingerprint density at radius 1 is 1.07 bits per heavy atom. The number of carbonyl (C=O) groups is 1.